The largest absolute Gasteiger partial charge is 0.373 e. The molecule has 1 aliphatic rings. The summed E-state index contributed by atoms with van der Waals surface area (Å²) in [5, 5.41) is 14.9. The lowest BCUT2D eigenvalue weighted by molar-refractivity contribution is 0.0963. The van der Waals surface area contributed by atoms with E-state index in [0.717, 1.165) is 35.0 Å². The lowest BCUT2D eigenvalue weighted by atomic mass is 9.85. The van der Waals surface area contributed by atoms with E-state index in [2.05, 4.69) is 9.88 Å². The predicted molar refractivity (Wildman–Crippen MR) is 116 cm³/mol. The average molecular weight is 397 g/mol. The number of nitrogens with one attached hydrogen (secondary N) is 1. The normalized spacial score (nSPS) is 14.1. The number of rotatable bonds is 5. The molecule has 5 heteroatoms. The average Bonchev–Trinajstić information content (AvgIpc) is 3.58. The second kappa shape index (κ2) is 7.11. The number of imidazole rings is 1. The summed E-state index contributed by atoms with van der Waals surface area (Å²) in [5.41, 5.74) is 2.35. The fourth-order valence-electron chi connectivity index (χ4n) is 4.12. The highest BCUT2D eigenvalue weighted by Crippen LogP contribution is 2.44. The van der Waals surface area contributed by atoms with Crippen molar-refractivity contribution >= 4 is 16.9 Å². The van der Waals surface area contributed by atoms with Crippen LogP contribution in [0.1, 0.15) is 46.2 Å². The van der Waals surface area contributed by atoms with Crippen LogP contribution < -0.4 is 5.32 Å². The highest BCUT2D eigenvalue weighted by atomic mass is 16.3. The van der Waals surface area contributed by atoms with Crippen molar-refractivity contribution in [2.75, 3.05) is 7.05 Å². The van der Waals surface area contributed by atoms with Crippen LogP contribution in [-0.4, -0.2) is 27.6 Å². The third-order valence-corrected chi connectivity index (χ3v) is 5.80. The number of amides is 1. The summed E-state index contributed by atoms with van der Waals surface area (Å²) >= 11 is 0. The summed E-state index contributed by atoms with van der Waals surface area (Å²) in [6.07, 6.45) is 2.06. The number of carbonyl (C=O) groups excluding carboxylic acids is 1. The van der Waals surface area contributed by atoms with Crippen LogP contribution in [0, 0.1) is 0 Å². The molecule has 1 fully saturated rings. The molecule has 3 aromatic carbocycles. The number of aliphatic hydroxyl groups is 1. The molecule has 0 bridgehead atoms. The Morgan fingerprint density at radius 3 is 2.13 bits per heavy atom. The molecule has 1 aromatic heterocycles. The smallest absolute Gasteiger partial charge is 0.251 e. The molecule has 1 aliphatic carbocycles. The lowest BCUT2D eigenvalue weighted by Gasteiger charge is -2.29. The maximum Gasteiger partial charge on any atom is 0.251 e. The minimum Gasteiger partial charge on any atom is -0.373 e. The molecule has 0 unspecified atom stereocenters. The molecular formula is C25H23N3O2. The molecule has 30 heavy (non-hydrogen) atoms. The van der Waals surface area contributed by atoms with E-state index in [9.17, 15) is 9.90 Å². The van der Waals surface area contributed by atoms with Crippen molar-refractivity contribution in [1.82, 2.24) is 14.9 Å². The van der Waals surface area contributed by atoms with Crippen molar-refractivity contribution in [2.24, 2.45) is 0 Å². The monoisotopic (exact) mass is 397 g/mol. The van der Waals surface area contributed by atoms with Gasteiger partial charge in [0.25, 0.3) is 5.91 Å². The summed E-state index contributed by atoms with van der Waals surface area (Å²) in [7, 11) is 1.62. The zero-order valence-electron chi connectivity index (χ0n) is 16.7. The zero-order chi connectivity index (χ0) is 20.7. The van der Waals surface area contributed by atoms with Crippen LogP contribution in [0.15, 0.2) is 78.9 Å². The Kier molecular flexibility index (Phi) is 4.40. The van der Waals surface area contributed by atoms with Crippen LogP contribution >= 0.6 is 0 Å². The lowest BCUT2D eigenvalue weighted by Crippen LogP contribution is -2.32. The summed E-state index contributed by atoms with van der Waals surface area (Å²) < 4.78 is 2.13. The molecule has 5 rings (SSSR count). The van der Waals surface area contributed by atoms with Gasteiger partial charge in [-0.2, -0.15) is 0 Å². The van der Waals surface area contributed by atoms with Gasteiger partial charge in [0.15, 0.2) is 11.4 Å². The van der Waals surface area contributed by atoms with Crippen molar-refractivity contribution < 1.29 is 9.90 Å². The van der Waals surface area contributed by atoms with Crippen LogP contribution in [0.25, 0.3) is 11.0 Å². The van der Waals surface area contributed by atoms with Crippen molar-refractivity contribution in [2.45, 2.75) is 24.5 Å². The molecule has 4 aromatic rings. The van der Waals surface area contributed by atoms with E-state index in [0.29, 0.717) is 11.4 Å². The molecule has 0 spiro atoms. The summed E-state index contributed by atoms with van der Waals surface area (Å²) in [5.74, 6) is 0.454. The standard InChI is InChI=1S/C25H23N3O2/c1-26-23(29)17-12-15-21-22(16-17)28(20-13-14-20)24(27-21)25(30,18-8-4-2-5-9-18)19-10-6-3-7-11-19/h2-12,15-16,20,30H,13-14H2,1H3,(H,26,29). The Balaban J connectivity index is 1.81. The minimum atomic E-state index is -1.41. The van der Waals surface area contributed by atoms with Crippen LogP contribution in [0.3, 0.4) is 0 Å². The first-order chi connectivity index (χ1) is 14.6. The van der Waals surface area contributed by atoms with Gasteiger partial charge in [0, 0.05) is 18.7 Å². The van der Waals surface area contributed by atoms with E-state index in [1.807, 2.05) is 72.8 Å². The Morgan fingerprint density at radius 1 is 1.00 bits per heavy atom. The summed E-state index contributed by atoms with van der Waals surface area (Å²) in [6.45, 7) is 0. The number of carbonyl (C=O) groups is 1. The molecule has 1 amide bonds. The number of hydrogen-bond acceptors (Lipinski definition) is 3. The van der Waals surface area contributed by atoms with Gasteiger partial charge in [-0.1, -0.05) is 60.7 Å². The van der Waals surface area contributed by atoms with Gasteiger partial charge in [-0.3, -0.25) is 4.79 Å². The molecule has 0 saturated heterocycles. The van der Waals surface area contributed by atoms with Crippen LogP contribution in [-0.2, 0) is 5.60 Å². The second-order valence-corrected chi connectivity index (χ2v) is 7.76. The third-order valence-electron chi connectivity index (χ3n) is 5.80. The van der Waals surface area contributed by atoms with Gasteiger partial charge in [-0.25, -0.2) is 4.98 Å². The molecule has 2 N–H and O–H groups in total. The van der Waals surface area contributed by atoms with Gasteiger partial charge in [-0.15, -0.1) is 0 Å². The molecule has 0 atom stereocenters. The van der Waals surface area contributed by atoms with E-state index in [-0.39, 0.29) is 11.9 Å². The number of benzene rings is 3. The van der Waals surface area contributed by atoms with Crippen LogP contribution in [0.2, 0.25) is 0 Å². The van der Waals surface area contributed by atoms with Gasteiger partial charge in [0.1, 0.15) is 0 Å². The van der Waals surface area contributed by atoms with Crippen LogP contribution in [0.5, 0.6) is 0 Å². The number of fused-ring (bicyclic) bond motifs is 1. The molecule has 1 heterocycles. The quantitative estimate of drug-likeness (QED) is 0.535. The van der Waals surface area contributed by atoms with Gasteiger partial charge in [-0.05, 0) is 42.2 Å². The Bertz CT molecular complexity index is 1170. The van der Waals surface area contributed by atoms with Crippen molar-refractivity contribution in [3.05, 3.63) is 101 Å². The first-order valence-corrected chi connectivity index (χ1v) is 10.2. The van der Waals surface area contributed by atoms with Crippen molar-refractivity contribution in [1.29, 1.82) is 0 Å². The van der Waals surface area contributed by atoms with Gasteiger partial charge in [0.2, 0.25) is 0 Å². The Hall–Kier alpha value is -3.44. The molecule has 1 saturated carbocycles. The first kappa shape index (κ1) is 18.6. The van der Waals surface area contributed by atoms with E-state index < -0.39 is 5.60 Å². The topological polar surface area (TPSA) is 67.2 Å². The van der Waals surface area contributed by atoms with E-state index in [1.165, 1.54) is 0 Å². The highest BCUT2D eigenvalue weighted by molar-refractivity contribution is 5.97. The molecule has 150 valence electrons. The fourth-order valence-corrected chi connectivity index (χ4v) is 4.12. The number of hydrogen-bond donors (Lipinski definition) is 2. The molecule has 5 nitrogen and oxygen atoms in total. The van der Waals surface area contributed by atoms with E-state index >= 15 is 0 Å². The third kappa shape index (κ3) is 2.90. The van der Waals surface area contributed by atoms with Crippen molar-refractivity contribution in [3.63, 3.8) is 0 Å². The molecular weight excluding hydrogens is 374 g/mol. The van der Waals surface area contributed by atoms with Gasteiger partial charge in [0.05, 0.1) is 11.0 Å². The molecule has 0 aliphatic heterocycles. The predicted octanol–water partition coefficient (Wildman–Crippen LogP) is 4.02. The van der Waals surface area contributed by atoms with Gasteiger partial charge >= 0.3 is 0 Å². The Labute approximate surface area is 175 Å². The first-order valence-electron chi connectivity index (χ1n) is 10.2. The van der Waals surface area contributed by atoms with E-state index in [1.54, 1.807) is 13.1 Å². The number of nitrogens with zero attached hydrogens (tertiary/aromatic N) is 2. The number of aromatic nitrogens is 2. The maximum absolute atomic E-state index is 12.2. The van der Waals surface area contributed by atoms with Gasteiger partial charge < -0.3 is 15.0 Å². The highest BCUT2D eigenvalue weighted by Gasteiger charge is 2.42. The van der Waals surface area contributed by atoms with E-state index in [4.69, 9.17) is 4.98 Å². The van der Waals surface area contributed by atoms with Crippen molar-refractivity contribution in [3.8, 4) is 0 Å². The molecule has 0 radical (unpaired) electrons. The zero-order valence-corrected chi connectivity index (χ0v) is 16.7. The minimum absolute atomic E-state index is 0.136. The fraction of sp³-hybridized carbons (Fsp3) is 0.200. The maximum atomic E-state index is 12.2. The second-order valence-electron chi connectivity index (χ2n) is 7.76. The van der Waals surface area contributed by atoms with Crippen LogP contribution in [0.4, 0.5) is 0 Å². The summed E-state index contributed by atoms with van der Waals surface area (Å²) in [6, 6.07) is 25.1. The summed E-state index contributed by atoms with van der Waals surface area (Å²) in [4.78, 5) is 17.1. The SMILES string of the molecule is CNC(=O)c1ccc2nc(C(O)(c3ccccc3)c3ccccc3)n(C3CC3)c2c1. The Morgan fingerprint density at radius 2 is 1.60 bits per heavy atom.